The van der Waals surface area contributed by atoms with E-state index in [1.807, 2.05) is 13.8 Å². The van der Waals surface area contributed by atoms with Crippen LogP contribution in [0.5, 0.6) is 0 Å². The number of hydrogen-bond donors (Lipinski definition) is 0. The first-order valence-electron chi connectivity index (χ1n) is 5.55. The van der Waals surface area contributed by atoms with E-state index in [0.717, 1.165) is 32.7 Å². The predicted molar refractivity (Wildman–Crippen MR) is 58.3 cm³/mol. The van der Waals surface area contributed by atoms with Crippen LogP contribution in [0.3, 0.4) is 0 Å². The van der Waals surface area contributed by atoms with Crippen LogP contribution < -0.4 is 0 Å². The third-order valence-corrected chi connectivity index (χ3v) is 3.04. The van der Waals surface area contributed by atoms with Gasteiger partial charge in [0.2, 0.25) is 0 Å². The van der Waals surface area contributed by atoms with Crippen molar-refractivity contribution in [1.82, 2.24) is 9.80 Å². The highest BCUT2D eigenvalue weighted by molar-refractivity contribution is 5.02. The molecule has 0 amide bonds. The molecule has 4 heteroatoms. The largest absolute Gasteiger partial charge is 0.301 e. The van der Waals surface area contributed by atoms with Gasteiger partial charge in [0.05, 0.1) is 12.7 Å². The number of rotatable bonds is 4. The Hall–Kier alpha value is -0.660. The Morgan fingerprint density at radius 1 is 1.27 bits per heavy atom. The third-order valence-electron chi connectivity index (χ3n) is 3.04. The number of halogens is 1. The summed E-state index contributed by atoms with van der Waals surface area (Å²) in [6.07, 6.45) is 0.627. The van der Waals surface area contributed by atoms with Crippen LogP contribution in [0.4, 0.5) is 4.39 Å². The summed E-state index contributed by atoms with van der Waals surface area (Å²) in [5.41, 5.74) is -0.369. The fourth-order valence-electron chi connectivity index (χ4n) is 1.88. The Labute approximate surface area is 91.5 Å². The number of piperazine rings is 1. The maximum Gasteiger partial charge on any atom is 0.103 e. The van der Waals surface area contributed by atoms with Crippen LogP contribution in [-0.2, 0) is 0 Å². The van der Waals surface area contributed by atoms with Crippen molar-refractivity contribution < 1.29 is 4.39 Å². The summed E-state index contributed by atoms with van der Waals surface area (Å²) >= 11 is 0. The molecule has 0 N–H and O–H groups in total. The molecule has 1 rings (SSSR count). The molecule has 0 saturated carbocycles. The third kappa shape index (κ3) is 3.44. The van der Waals surface area contributed by atoms with Gasteiger partial charge in [-0.1, -0.05) is 0 Å². The highest BCUT2D eigenvalue weighted by atomic mass is 19.1. The van der Waals surface area contributed by atoms with Crippen molar-refractivity contribution in [3.8, 4) is 6.07 Å². The van der Waals surface area contributed by atoms with Crippen LogP contribution in [-0.4, -0.2) is 54.7 Å². The number of nitrogens with zero attached hydrogens (tertiary/aromatic N) is 3. The molecule has 0 radical (unpaired) electrons. The molecule has 86 valence electrons. The van der Waals surface area contributed by atoms with Crippen molar-refractivity contribution >= 4 is 0 Å². The SMILES string of the molecule is CC(C)(C#N)N1CCN(CCCF)CC1. The van der Waals surface area contributed by atoms with Gasteiger partial charge < -0.3 is 4.90 Å². The van der Waals surface area contributed by atoms with Crippen molar-refractivity contribution in [1.29, 1.82) is 5.26 Å². The monoisotopic (exact) mass is 213 g/mol. The number of alkyl halides is 1. The molecule has 0 aromatic rings. The molecule has 1 fully saturated rings. The summed E-state index contributed by atoms with van der Waals surface area (Å²) in [6.45, 7) is 8.23. The molecule has 0 aromatic carbocycles. The van der Waals surface area contributed by atoms with Gasteiger partial charge >= 0.3 is 0 Å². The van der Waals surface area contributed by atoms with Crippen molar-refractivity contribution in [3.63, 3.8) is 0 Å². The zero-order valence-corrected chi connectivity index (χ0v) is 9.67. The lowest BCUT2D eigenvalue weighted by molar-refractivity contribution is 0.0785. The maximum absolute atomic E-state index is 12.0. The standard InChI is InChI=1S/C11H20FN3/c1-11(2,10-13)15-8-6-14(7-9-15)5-3-4-12/h3-9H2,1-2H3. The average Bonchev–Trinajstić information content (AvgIpc) is 2.27. The van der Waals surface area contributed by atoms with Crippen LogP contribution in [0.1, 0.15) is 20.3 Å². The van der Waals surface area contributed by atoms with Gasteiger partial charge in [-0.15, -0.1) is 0 Å². The van der Waals surface area contributed by atoms with E-state index in [1.165, 1.54) is 0 Å². The minimum Gasteiger partial charge on any atom is -0.301 e. The molecular weight excluding hydrogens is 193 g/mol. The van der Waals surface area contributed by atoms with Crippen LogP contribution in [0, 0.1) is 11.3 Å². The van der Waals surface area contributed by atoms with Crippen LogP contribution in [0.15, 0.2) is 0 Å². The molecule has 1 aliphatic heterocycles. The summed E-state index contributed by atoms with van der Waals surface area (Å²) in [6, 6.07) is 2.32. The van der Waals surface area contributed by atoms with Crippen LogP contribution in [0.25, 0.3) is 0 Å². The van der Waals surface area contributed by atoms with E-state index in [-0.39, 0.29) is 12.2 Å². The first kappa shape index (κ1) is 12.4. The second kappa shape index (κ2) is 5.43. The molecule has 3 nitrogen and oxygen atoms in total. The van der Waals surface area contributed by atoms with Gasteiger partial charge in [-0.05, 0) is 20.3 Å². The first-order chi connectivity index (χ1) is 7.10. The minimum atomic E-state index is -0.369. The summed E-state index contributed by atoms with van der Waals surface area (Å²) in [4.78, 5) is 4.46. The molecular formula is C11H20FN3. The van der Waals surface area contributed by atoms with Crippen molar-refractivity contribution in [2.24, 2.45) is 0 Å². The summed E-state index contributed by atoms with van der Waals surface area (Å²) in [5, 5.41) is 9.00. The van der Waals surface area contributed by atoms with Gasteiger partial charge in [0.1, 0.15) is 5.54 Å². The molecule has 15 heavy (non-hydrogen) atoms. The van der Waals surface area contributed by atoms with Crippen molar-refractivity contribution in [2.75, 3.05) is 39.4 Å². The molecule has 1 aliphatic rings. The zero-order valence-electron chi connectivity index (χ0n) is 9.67. The van der Waals surface area contributed by atoms with E-state index < -0.39 is 0 Å². The van der Waals surface area contributed by atoms with E-state index in [2.05, 4.69) is 15.9 Å². The van der Waals surface area contributed by atoms with E-state index >= 15 is 0 Å². The number of nitriles is 1. The molecule has 0 spiro atoms. The fraction of sp³-hybridized carbons (Fsp3) is 0.909. The molecule has 0 aromatic heterocycles. The quantitative estimate of drug-likeness (QED) is 0.704. The fourth-order valence-corrected chi connectivity index (χ4v) is 1.88. The van der Waals surface area contributed by atoms with Gasteiger partial charge in [0.15, 0.2) is 0 Å². The van der Waals surface area contributed by atoms with Gasteiger partial charge in [0.25, 0.3) is 0 Å². The highest BCUT2D eigenvalue weighted by Crippen LogP contribution is 2.15. The summed E-state index contributed by atoms with van der Waals surface area (Å²) < 4.78 is 12.0. The van der Waals surface area contributed by atoms with Crippen LogP contribution >= 0.6 is 0 Å². The Balaban J connectivity index is 2.33. The number of hydrogen-bond acceptors (Lipinski definition) is 3. The topological polar surface area (TPSA) is 30.3 Å². The van der Waals surface area contributed by atoms with Gasteiger partial charge in [-0.3, -0.25) is 9.29 Å². The summed E-state index contributed by atoms with van der Waals surface area (Å²) in [7, 11) is 0. The molecule has 0 bridgehead atoms. The predicted octanol–water partition coefficient (Wildman–Crippen LogP) is 1.27. The molecule has 1 saturated heterocycles. The Kier molecular flexibility index (Phi) is 4.49. The zero-order chi connectivity index (χ0) is 11.3. The molecule has 0 atom stereocenters. The van der Waals surface area contributed by atoms with E-state index in [0.29, 0.717) is 6.42 Å². The average molecular weight is 213 g/mol. The lowest BCUT2D eigenvalue weighted by atomic mass is 10.0. The van der Waals surface area contributed by atoms with Gasteiger partial charge in [0, 0.05) is 32.7 Å². The Morgan fingerprint density at radius 2 is 1.87 bits per heavy atom. The molecule has 1 heterocycles. The Bertz CT molecular complexity index is 226. The second-order valence-corrected chi connectivity index (χ2v) is 4.54. The molecule has 0 aliphatic carbocycles. The smallest absolute Gasteiger partial charge is 0.103 e. The van der Waals surface area contributed by atoms with Gasteiger partial charge in [-0.25, -0.2) is 0 Å². The van der Waals surface area contributed by atoms with Gasteiger partial charge in [-0.2, -0.15) is 5.26 Å². The Morgan fingerprint density at radius 3 is 2.33 bits per heavy atom. The second-order valence-electron chi connectivity index (χ2n) is 4.54. The lowest BCUT2D eigenvalue weighted by Crippen LogP contribution is -2.54. The van der Waals surface area contributed by atoms with Crippen molar-refractivity contribution in [3.05, 3.63) is 0 Å². The van der Waals surface area contributed by atoms with E-state index in [1.54, 1.807) is 0 Å². The first-order valence-corrected chi connectivity index (χ1v) is 5.55. The summed E-state index contributed by atoms with van der Waals surface area (Å²) in [5.74, 6) is 0. The van der Waals surface area contributed by atoms with E-state index in [4.69, 9.17) is 5.26 Å². The maximum atomic E-state index is 12.0. The lowest BCUT2D eigenvalue weighted by Gasteiger charge is -2.40. The minimum absolute atomic E-state index is 0.232. The highest BCUT2D eigenvalue weighted by Gasteiger charge is 2.29. The molecule has 0 unspecified atom stereocenters. The normalized spacial score (nSPS) is 20.1. The van der Waals surface area contributed by atoms with Crippen LogP contribution in [0.2, 0.25) is 0 Å². The van der Waals surface area contributed by atoms with E-state index in [9.17, 15) is 4.39 Å². The van der Waals surface area contributed by atoms with Crippen molar-refractivity contribution in [2.45, 2.75) is 25.8 Å².